The minimum absolute atomic E-state index is 0.0369. The zero-order chi connectivity index (χ0) is 17.6. The van der Waals surface area contributed by atoms with Gasteiger partial charge < -0.3 is 4.98 Å². The Balaban J connectivity index is 1.96. The third-order valence-electron chi connectivity index (χ3n) is 4.07. The first-order valence-electron chi connectivity index (χ1n) is 7.58. The molecular weight excluding hydrogens is 340 g/mol. The molecule has 0 spiro atoms. The lowest BCUT2D eigenvalue weighted by Crippen LogP contribution is -1.92. The summed E-state index contributed by atoms with van der Waals surface area (Å²) in [5, 5.41) is 17.1. The van der Waals surface area contributed by atoms with Crippen LogP contribution in [0, 0.1) is 10.1 Å². The Kier molecular flexibility index (Phi) is 3.54. The number of fused-ring (bicyclic) bond motifs is 1. The molecule has 0 amide bonds. The minimum atomic E-state index is -0.388. The molecule has 1 N–H and O–H groups in total. The molecule has 0 aliphatic rings. The van der Waals surface area contributed by atoms with Crippen LogP contribution in [-0.4, -0.2) is 19.7 Å². The molecule has 2 heterocycles. The van der Waals surface area contributed by atoms with E-state index in [9.17, 15) is 10.1 Å². The van der Waals surface area contributed by atoms with E-state index < -0.39 is 0 Å². The van der Waals surface area contributed by atoms with Crippen molar-refractivity contribution in [3.05, 3.63) is 69.9 Å². The van der Waals surface area contributed by atoms with Crippen LogP contribution in [0.4, 0.5) is 5.69 Å². The number of hydrogen-bond acceptors (Lipinski definition) is 3. The number of nitrogens with zero attached hydrogens (tertiary/aromatic N) is 3. The Bertz CT molecular complexity index is 1100. The highest BCUT2D eigenvalue weighted by Crippen LogP contribution is 2.34. The van der Waals surface area contributed by atoms with Crippen molar-refractivity contribution in [2.24, 2.45) is 7.05 Å². The highest BCUT2D eigenvalue weighted by atomic mass is 35.5. The van der Waals surface area contributed by atoms with Gasteiger partial charge >= 0.3 is 0 Å². The molecule has 0 aliphatic carbocycles. The molecule has 7 heteroatoms. The van der Waals surface area contributed by atoms with Crippen LogP contribution in [0.15, 0.2) is 54.7 Å². The van der Waals surface area contributed by atoms with Crippen LogP contribution >= 0.6 is 11.6 Å². The molecule has 0 bridgehead atoms. The summed E-state index contributed by atoms with van der Waals surface area (Å²) in [6, 6.07) is 14.3. The van der Waals surface area contributed by atoms with Gasteiger partial charge in [0.05, 0.1) is 16.1 Å². The quantitative estimate of drug-likeness (QED) is 0.425. The molecule has 0 saturated heterocycles. The van der Waals surface area contributed by atoms with Gasteiger partial charge in [-0.15, -0.1) is 0 Å². The number of aromatic amines is 1. The summed E-state index contributed by atoms with van der Waals surface area (Å²) in [5.74, 6) is 0. The molecule has 2 aromatic heterocycles. The van der Waals surface area contributed by atoms with E-state index in [1.54, 1.807) is 16.8 Å². The predicted octanol–water partition coefficient (Wildman–Crippen LogP) is 4.80. The molecule has 0 unspecified atom stereocenters. The molecule has 25 heavy (non-hydrogen) atoms. The molecule has 0 saturated carbocycles. The Labute approximate surface area is 147 Å². The van der Waals surface area contributed by atoms with E-state index in [0.717, 1.165) is 22.2 Å². The average molecular weight is 353 g/mol. The number of aromatic nitrogens is 3. The fraction of sp³-hybridized carbons (Fsp3) is 0.0556. The van der Waals surface area contributed by atoms with Crippen molar-refractivity contribution in [3.63, 3.8) is 0 Å². The van der Waals surface area contributed by atoms with Crippen LogP contribution in [0.3, 0.4) is 0 Å². The molecule has 2 aromatic carbocycles. The van der Waals surface area contributed by atoms with Gasteiger partial charge in [-0.3, -0.25) is 14.8 Å². The zero-order valence-corrected chi connectivity index (χ0v) is 14.0. The molecular formula is C18H13ClN4O2. The lowest BCUT2D eigenvalue weighted by Gasteiger charge is -2.01. The summed E-state index contributed by atoms with van der Waals surface area (Å²) in [6.07, 6.45) is 1.81. The molecule has 0 aliphatic heterocycles. The SMILES string of the molecule is Cn1ccc(-c2cc([N+](=O)[O-])cc3cc(-c4ccc(Cl)cc4)[nH]c23)n1. The number of aryl methyl sites for hydroxylation is 1. The average Bonchev–Trinajstić information content (AvgIpc) is 3.20. The van der Waals surface area contributed by atoms with Gasteiger partial charge in [-0.25, -0.2) is 0 Å². The second-order valence-corrected chi connectivity index (χ2v) is 6.22. The fourth-order valence-corrected chi connectivity index (χ4v) is 3.01. The van der Waals surface area contributed by atoms with E-state index in [4.69, 9.17) is 11.6 Å². The summed E-state index contributed by atoms with van der Waals surface area (Å²) in [7, 11) is 1.81. The topological polar surface area (TPSA) is 76.8 Å². The Morgan fingerprint density at radius 2 is 1.92 bits per heavy atom. The van der Waals surface area contributed by atoms with Gasteiger partial charge in [0, 0.05) is 47.0 Å². The van der Waals surface area contributed by atoms with Crippen LogP contribution in [-0.2, 0) is 7.05 Å². The Hall–Kier alpha value is -3.12. The number of rotatable bonds is 3. The van der Waals surface area contributed by atoms with Gasteiger partial charge in [0.2, 0.25) is 0 Å². The molecule has 0 radical (unpaired) electrons. The van der Waals surface area contributed by atoms with Gasteiger partial charge in [0.25, 0.3) is 5.69 Å². The number of nitro groups is 1. The number of H-pyrrole nitrogens is 1. The van der Waals surface area contributed by atoms with Gasteiger partial charge in [0.1, 0.15) is 0 Å². The maximum absolute atomic E-state index is 11.3. The van der Waals surface area contributed by atoms with Crippen molar-refractivity contribution in [3.8, 4) is 22.5 Å². The van der Waals surface area contributed by atoms with Crippen molar-refractivity contribution >= 4 is 28.2 Å². The second kappa shape index (κ2) is 5.75. The third-order valence-corrected chi connectivity index (χ3v) is 4.32. The van der Waals surface area contributed by atoms with Crippen LogP contribution in [0.25, 0.3) is 33.4 Å². The van der Waals surface area contributed by atoms with E-state index >= 15 is 0 Å². The fourth-order valence-electron chi connectivity index (χ4n) is 2.88. The number of non-ortho nitro benzene ring substituents is 1. The number of halogens is 1. The van der Waals surface area contributed by atoms with Crippen molar-refractivity contribution in [1.82, 2.24) is 14.8 Å². The zero-order valence-electron chi connectivity index (χ0n) is 13.2. The van der Waals surface area contributed by atoms with Gasteiger partial charge in [-0.1, -0.05) is 23.7 Å². The second-order valence-electron chi connectivity index (χ2n) is 5.78. The van der Waals surface area contributed by atoms with Crippen molar-refractivity contribution in [2.75, 3.05) is 0 Å². The number of nitrogens with one attached hydrogen (secondary N) is 1. The minimum Gasteiger partial charge on any atom is -0.354 e. The van der Waals surface area contributed by atoms with Gasteiger partial charge in [-0.2, -0.15) is 5.10 Å². The van der Waals surface area contributed by atoms with Crippen LogP contribution in [0.1, 0.15) is 0 Å². The molecule has 0 fully saturated rings. The Morgan fingerprint density at radius 3 is 2.56 bits per heavy atom. The summed E-state index contributed by atoms with van der Waals surface area (Å²) < 4.78 is 1.67. The Morgan fingerprint density at radius 1 is 1.16 bits per heavy atom. The summed E-state index contributed by atoms with van der Waals surface area (Å²) in [6.45, 7) is 0. The van der Waals surface area contributed by atoms with E-state index in [-0.39, 0.29) is 10.6 Å². The first-order chi connectivity index (χ1) is 12.0. The number of benzene rings is 2. The largest absolute Gasteiger partial charge is 0.354 e. The standard InChI is InChI=1S/C18H13ClN4O2/c1-22-7-6-16(21-22)15-10-14(23(24)25)8-12-9-17(20-18(12)15)11-2-4-13(19)5-3-11/h2-10,20H,1H3. The lowest BCUT2D eigenvalue weighted by atomic mass is 10.1. The molecule has 4 rings (SSSR count). The maximum Gasteiger partial charge on any atom is 0.270 e. The van der Waals surface area contributed by atoms with E-state index in [1.165, 1.54) is 0 Å². The van der Waals surface area contributed by atoms with Crippen molar-refractivity contribution in [2.45, 2.75) is 0 Å². The normalized spacial score (nSPS) is 11.1. The third kappa shape index (κ3) is 2.77. The first-order valence-corrected chi connectivity index (χ1v) is 7.96. The summed E-state index contributed by atoms with van der Waals surface area (Å²) >= 11 is 5.95. The summed E-state index contributed by atoms with van der Waals surface area (Å²) in [4.78, 5) is 14.3. The number of hydrogen-bond donors (Lipinski definition) is 1. The van der Waals surface area contributed by atoms with Crippen LogP contribution < -0.4 is 0 Å². The molecule has 124 valence electrons. The van der Waals surface area contributed by atoms with Crippen LogP contribution in [0.2, 0.25) is 5.02 Å². The van der Waals surface area contributed by atoms with Crippen molar-refractivity contribution < 1.29 is 4.92 Å². The molecule has 4 aromatic rings. The lowest BCUT2D eigenvalue weighted by molar-refractivity contribution is -0.384. The maximum atomic E-state index is 11.3. The first kappa shape index (κ1) is 15.4. The smallest absolute Gasteiger partial charge is 0.270 e. The molecule has 6 nitrogen and oxygen atoms in total. The highest BCUT2D eigenvalue weighted by molar-refractivity contribution is 6.30. The van der Waals surface area contributed by atoms with Crippen molar-refractivity contribution in [1.29, 1.82) is 0 Å². The van der Waals surface area contributed by atoms with E-state index in [2.05, 4.69) is 10.1 Å². The highest BCUT2D eigenvalue weighted by Gasteiger charge is 2.17. The summed E-state index contributed by atoms with van der Waals surface area (Å²) in [5.41, 5.74) is 4.05. The predicted molar refractivity (Wildman–Crippen MR) is 97.6 cm³/mol. The van der Waals surface area contributed by atoms with E-state index in [0.29, 0.717) is 16.3 Å². The molecule has 0 atom stereocenters. The van der Waals surface area contributed by atoms with Gasteiger partial charge in [-0.05, 0) is 29.8 Å². The monoisotopic (exact) mass is 352 g/mol. The van der Waals surface area contributed by atoms with Gasteiger partial charge in [0.15, 0.2) is 0 Å². The van der Waals surface area contributed by atoms with Crippen LogP contribution in [0.5, 0.6) is 0 Å². The number of nitro benzene ring substituents is 1. The van der Waals surface area contributed by atoms with E-state index in [1.807, 2.05) is 49.6 Å².